The van der Waals surface area contributed by atoms with Gasteiger partial charge in [0, 0.05) is 32.5 Å². The molecular formula is C23H32N4O3S. The zero-order valence-corrected chi connectivity index (χ0v) is 19.1. The van der Waals surface area contributed by atoms with Crippen LogP contribution < -0.4 is 14.8 Å². The zero-order valence-electron chi connectivity index (χ0n) is 18.3. The lowest BCUT2D eigenvalue weighted by molar-refractivity contribution is 0.129. The summed E-state index contributed by atoms with van der Waals surface area (Å²) < 4.78 is 31.8. The molecule has 0 bridgehead atoms. The molecule has 3 rings (SSSR count). The average molecular weight is 445 g/mol. The zero-order chi connectivity index (χ0) is 22.1. The van der Waals surface area contributed by atoms with Crippen LogP contribution in [0.15, 0.2) is 59.6 Å². The number of aliphatic imine (C=N–C) groups is 1. The van der Waals surface area contributed by atoms with Gasteiger partial charge in [0.25, 0.3) is 0 Å². The van der Waals surface area contributed by atoms with Gasteiger partial charge in [-0.05, 0) is 37.2 Å². The van der Waals surface area contributed by atoms with Gasteiger partial charge in [-0.15, -0.1) is 0 Å². The van der Waals surface area contributed by atoms with Crippen LogP contribution >= 0.6 is 0 Å². The normalized spacial score (nSPS) is 15.7. The number of likely N-dealkylation sites (tertiary alicyclic amines) is 1. The largest absolute Gasteiger partial charge is 0.490 e. The maximum absolute atomic E-state index is 11.7. The van der Waals surface area contributed by atoms with E-state index in [1.54, 1.807) is 0 Å². The number of hydrogen-bond donors (Lipinski definition) is 2. The molecule has 1 aliphatic rings. The van der Waals surface area contributed by atoms with Crippen molar-refractivity contribution in [2.75, 3.05) is 26.7 Å². The maximum atomic E-state index is 11.7. The molecule has 0 aromatic heterocycles. The molecule has 1 aliphatic heterocycles. The summed E-state index contributed by atoms with van der Waals surface area (Å²) in [6.07, 6.45) is 2.13. The van der Waals surface area contributed by atoms with Crippen LogP contribution in [0.25, 0.3) is 0 Å². The minimum atomic E-state index is -3.26. The Morgan fingerprint density at radius 3 is 2.32 bits per heavy atom. The molecule has 2 N–H and O–H groups in total. The Morgan fingerprint density at radius 1 is 1.06 bits per heavy atom. The summed E-state index contributed by atoms with van der Waals surface area (Å²) in [6.45, 7) is 5.20. The molecule has 0 aliphatic carbocycles. The first-order valence-corrected chi connectivity index (χ1v) is 12.4. The molecule has 2 aromatic rings. The van der Waals surface area contributed by atoms with Gasteiger partial charge in [0.15, 0.2) is 5.96 Å². The van der Waals surface area contributed by atoms with Crippen LogP contribution in [0.2, 0.25) is 0 Å². The van der Waals surface area contributed by atoms with Gasteiger partial charge < -0.3 is 15.0 Å². The molecule has 168 valence electrons. The minimum Gasteiger partial charge on any atom is -0.490 e. The van der Waals surface area contributed by atoms with Crippen LogP contribution in [0.5, 0.6) is 5.75 Å². The summed E-state index contributed by atoms with van der Waals surface area (Å²) in [5.41, 5.74) is 1.80. The van der Waals surface area contributed by atoms with Crippen molar-refractivity contribution in [3.8, 4) is 5.75 Å². The molecule has 0 radical (unpaired) electrons. The van der Waals surface area contributed by atoms with E-state index in [0.717, 1.165) is 55.3 Å². The molecule has 1 heterocycles. The van der Waals surface area contributed by atoms with E-state index in [1.807, 2.05) is 54.6 Å². The number of rotatable bonds is 8. The lowest BCUT2D eigenvalue weighted by Gasteiger charge is -2.34. The molecule has 31 heavy (non-hydrogen) atoms. The first-order valence-electron chi connectivity index (χ1n) is 10.7. The van der Waals surface area contributed by atoms with E-state index in [2.05, 4.69) is 21.9 Å². The van der Waals surface area contributed by atoms with Crippen molar-refractivity contribution in [1.82, 2.24) is 14.9 Å². The number of para-hydroxylation sites is 1. The second kappa shape index (κ2) is 11.2. The molecule has 7 nitrogen and oxygen atoms in total. The van der Waals surface area contributed by atoms with Crippen molar-refractivity contribution < 1.29 is 13.2 Å². The summed E-state index contributed by atoms with van der Waals surface area (Å²) in [5, 5.41) is 3.38. The maximum Gasteiger partial charge on any atom is 0.215 e. The molecule has 0 amide bonds. The fourth-order valence-electron chi connectivity index (χ4n) is 3.50. The smallest absolute Gasteiger partial charge is 0.215 e. The number of sulfonamides is 1. The van der Waals surface area contributed by atoms with Gasteiger partial charge in [-0.3, -0.25) is 0 Å². The van der Waals surface area contributed by atoms with E-state index >= 15 is 0 Å². The molecule has 0 saturated carbocycles. The molecule has 0 spiro atoms. The summed E-state index contributed by atoms with van der Waals surface area (Å²) in [7, 11) is -1.83. The van der Waals surface area contributed by atoms with Gasteiger partial charge in [0.05, 0.1) is 12.3 Å². The Morgan fingerprint density at radius 2 is 1.71 bits per heavy atom. The van der Waals surface area contributed by atoms with Crippen molar-refractivity contribution in [2.24, 2.45) is 4.99 Å². The first-order chi connectivity index (χ1) is 15.0. The fourth-order valence-corrected chi connectivity index (χ4v) is 4.28. The SMILES string of the molecule is CCNC(=NCc1ccc(CS(=O)(=O)NC)cc1)N1CCC(Oc2ccccc2)CC1. The Kier molecular flexibility index (Phi) is 8.31. The van der Waals surface area contributed by atoms with Gasteiger partial charge in [0.2, 0.25) is 10.0 Å². The number of nitrogens with one attached hydrogen (secondary N) is 2. The number of hydrogen-bond acceptors (Lipinski definition) is 4. The number of nitrogens with zero attached hydrogens (tertiary/aromatic N) is 2. The third-order valence-corrected chi connectivity index (χ3v) is 6.56. The molecule has 0 atom stereocenters. The highest BCUT2D eigenvalue weighted by atomic mass is 32.2. The second-order valence-corrected chi connectivity index (χ2v) is 9.49. The molecule has 1 saturated heterocycles. The summed E-state index contributed by atoms with van der Waals surface area (Å²) in [5.74, 6) is 1.81. The topological polar surface area (TPSA) is 83.0 Å². The van der Waals surface area contributed by atoms with E-state index in [4.69, 9.17) is 9.73 Å². The van der Waals surface area contributed by atoms with E-state index < -0.39 is 10.0 Å². The van der Waals surface area contributed by atoms with Gasteiger partial charge in [-0.1, -0.05) is 42.5 Å². The Balaban J connectivity index is 1.55. The lowest BCUT2D eigenvalue weighted by Crippen LogP contribution is -2.47. The minimum absolute atomic E-state index is 0.0182. The van der Waals surface area contributed by atoms with Crippen LogP contribution in [-0.2, 0) is 22.3 Å². The van der Waals surface area contributed by atoms with Crippen molar-refractivity contribution >= 4 is 16.0 Å². The van der Waals surface area contributed by atoms with Gasteiger partial charge in [-0.25, -0.2) is 18.1 Å². The predicted octanol–water partition coefficient (Wildman–Crippen LogP) is 2.74. The van der Waals surface area contributed by atoms with Crippen molar-refractivity contribution in [3.05, 3.63) is 65.7 Å². The van der Waals surface area contributed by atoms with Gasteiger partial charge in [0.1, 0.15) is 11.9 Å². The molecular weight excluding hydrogens is 412 g/mol. The van der Waals surface area contributed by atoms with E-state index in [0.29, 0.717) is 6.54 Å². The highest BCUT2D eigenvalue weighted by Crippen LogP contribution is 2.19. The number of ether oxygens (including phenoxy) is 1. The highest BCUT2D eigenvalue weighted by Gasteiger charge is 2.22. The van der Waals surface area contributed by atoms with E-state index in [9.17, 15) is 8.42 Å². The van der Waals surface area contributed by atoms with Gasteiger partial charge >= 0.3 is 0 Å². The second-order valence-electron chi connectivity index (χ2n) is 7.57. The quantitative estimate of drug-likeness (QED) is 0.483. The highest BCUT2D eigenvalue weighted by molar-refractivity contribution is 7.88. The fraction of sp³-hybridized carbons (Fsp3) is 0.435. The van der Waals surface area contributed by atoms with Crippen molar-refractivity contribution in [1.29, 1.82) is 0 Å². The van der Waals surface area contributed by atoms with Crippen LogP contribution in [-0.4, -0.2) is 52.1 Å². The average Bonchev–Trinajstić information content (AvgIpc) is 2.79. The third kappa shape index (κ3) is 7.25. The van der Waals surface area contributed by atoms with Crippen LogP contribution in [0.3, 0.4) is 0 Å². The monoisotopic (exact) mass is 444 g/mol. The van der Waals surface area contributed by atoms with Crippen molar-refractivity contribution in [3.63, 3.8) is 0 Å². The predicted molar refractivity (Wildman–Crippen MR) is 125 cm³/mol. The molecule has 2 aromatic carbocycles. The molecule has 1 fully saturated rings. The Hall–Kier alpha value is -2.58. The standard InChI is InChI=1S/C23H32N4O3S/c1-3-25-23(26-17-19-9-11-20(12-10-19)18-31(28,29)24-2)27-15-13-22(14-16-27)30-21-7-5-4-6-8-21/h4-12,22,24H,3,13-18H2,1-2H3,(H,25,26). The number of piperidine rings is 1. The third-order valence-electron chi connectivity index (χ3n) is 5.22. The number of guanidine groups is 1. The van der Waals surface area contributed by atoms with Crippen LogP contribution in [0.4, 0.5) is 0 Å². The first kappa shape index (κ1) is 23.1. The van der Waals surface area contributed by atoms with Crippen molar-refractivity contribution in [2.45, 2.75) is 38.2 Å². The Bertz CT molecular complexity index is 939. The van der Waals surface area contributed by atoms with E-state index in [-0.39, 0.29) is 11.9 Å². The summed E-state index contributed by atoms with van der Waals surface area (Å²) >= 11 is 0. The molecule has 0 unspecified atom stereocenters. The molecule has 8 heteroatoms. The number of benzene rings is 2. The van der Waals surface area contributed by atoms with Gasteiger partial charge in [-0.2, -0.15) is 0 Å². The Labute approximate surface area is 185 Å². The summed E-state index contributed by atoms with van der Waals surface area (Å²) in [4.78, 5) is 7.08. The lowest BCUT2D eigenvalue weighted by atomic mass is 10.1. The summed E-state index contributed by atoms with van der Waals surface area (Å²) in [6, 6.07) is 17.5. The van der Waals surface area contributed by atoms with Crippen LogP contribution in [0, 0.1) is 0 Å². The van der Waals surface area contributed by atoms with E-state index in [1.165, 1.54) is 7.05 Å². The van der Waals surface area contributed by atoms with Crippen LogP contribution in [0.1, 0.15) is 30.9 Å².